The molecule has 3 nitrogen and oxygen atoms in total. The molecule has 1 saturated heterocycles. The molecule has 0 radical (unpaired) electrons. The highest BCUT2D eigenvalue weighted by atomic mass is 19.1. The van der Waals surface area contributed by atoms with Crippen LogP contribution in [-0.2, 0) is 0 Å². The molecule has 0 spiro atoms. The fourth-order valence-corrected chi connectivity index (χ4v) is 2.76. The van der Waals surface area contributed by atoms with Crippen LogP contribution in [0.3, 0.4) is 0 Å². The van der Waals surface area contributed by atoms with Crippen molar-refractivity contribution in [1.29, 1.82) is 0 Å². The predicted octanol–water partition coefficient (Wildman–Crippen LogP) is 2.24. The van der Waals surface area contributed by atoms with Gasteiger partial charge in [0.2, 0.25) is 0 Å². The van der Waals surface area contributed by atoms with E-state index in [0.717, 1.165) is 31.5 Å². The zero-order valence-electron chi connectivity index (χ0n) is 11.3. The van der Waals surface area contributed by atoms with Gasteiger partial charge in [0.1, 0.15) is 11.6 Å². The Morgan fingerprint density at radius 2 is 2.05 bits per heavy atom. The third-order valence-electron chi connectivity index (χ3n) is 3.75. The van der Waals surface area contributed by atoms with Gasteiger partial charge in [-0.1, -0.05) is 6.07 Å². The minimum absolute atomic E-state index is 0.0276. The zero-order valence-corrected chi connectivity index (χ0v) is 11.3. The molecular formula is C15H19F2NO2. The number of halogens is 2. The van der Waals surface area contributed by atoms with Crippen molar-refractivity contribution in [2.75, 3.05) is 26.2 Å². The fraction of sp³-hybridized carbons (Fsp3) is 0.533. The maximum atomic E-state index is 13.5. The van der Waals surface area contributed by atoms with E-state index >= 15 is 0 Å². The molecule has 1 unspecified atom stereocenters. The minimum Gasteiger partial charge on any atom is -0.396 e. The number of nitrogens with zero attached hydrogens (tertiary/aromatic N) is 1. The molecule has 1 atom stereocenters. The Labute approximate surface area is 117 Å². The van der Waals surface area contributed by atoms with Crippen LogP contribution >= 0.6 is 0 Å². The molecule has 5 heteroatoms. The van der Waals surface area contributed by atoms with Gasteiger partial charge >= 0.3 is 0 Å². The fourth-order valence-electron chi connectivity index (χ4n) is 2.76. The van der Waals surface area contributed by atoms with Gasteiger partial charge in [0, 0.05) is 13.2 Å². The zero-order chi connectivity index (χ0) is 14.5. The molecule has 0 saturated carbocycles. The first kappa shape index (κ1) is 15.1. The summed E-state index contributed by atoms with van der Waals surface area (Å²) in [6, 6.07) is 3.45. The van der Waals surface area contributed by atoms with Crippen molar-refractivity contribution in [2.45, 2.75) is 19.3 Å². The number of aliphatic hydroxyl groups is 1. The molecule has 1 aliphatic rings. The lowest BCUT2D eigenvalue weighted by molar-refractivity contribution is 0.0863. The number of ketones is 1. The Morgan fingerprint density at radius 3 is 2.70 bits per heavy atom. The van der Waals surface area contributed by atoms with Gasteiger partial charge in [-0.15, -0.1) is 0 Å². The molecule has 1 heterocycles. The average Bonchev–Trinajstić information content (AvgIpc) is 2.39. The van der Waals surface area contributed by atoms with E-state index in [1.807, 2.05) is 4.90 Å². The molecule has 1 aromatic rings. The number of aliphatic hydroxyl groups excluding tert-OH is 1. The molecular weight excluding hydrogens is 264 g/mol. The highest BCUT2D eigenvalue weighted by molar-refractivity contribution is 5.98. The molecule has 0 aliphatic carbocycles. The van der Waals surface area contributed by atoms with Crippen LogP contribution in [0.2, 0.25) is 0 Å². The number of Topliss-reactive ketones (excluding diaryl/α,β-unsaturated/α-hetero) is 1. The van der Waals surface area contributed by atoms with Crippen molar-refractivity contribution in [3.8, 4) is 0 Å². The quantitative estimate of drug-likeness (QED) is 0.843. The summed E-state index contributed by atoms with van der Waals surface area (Å²) < 4.78 is 27.1. The van der Waals surface area contributed by atoms with Crippen molar-refractivity contribution in [2.24, 2.45) is 5.92 Å². The number of rotatable bonds is 5. The second-order valence-electron chi connectivity index (χ2n) is 5.28. The van der Waals surface area contributed by atoms with Crippen LogP contribution < -0.4 is 0 Å². The van der Waals surface area contributed by atoms with Crippen molar-refractivity contribution < 1.29 is 18.7 Å². The standard InChI is InChI=1S/C15H19F2NO2/c16-12-4-1-5-13(17)15(12)14(20)10-18-7-2-3-11(9-18)6-8-19/h1,4-5,11,19H,2-3,6-10H2. The first-order valence-electron chi connectivity index (χ1n) is 6.92. The lowest BCUT2D eigenvalue weighted by Gasteiger charge is -2.31. The van der Waals surface area contributed by atoms with Crippen LogP contribution in [0.5, 0.6) is 0 Å². The van der Waals surface area contributed by atoms with Gasteiger partial charge in [-0.25, -0.2) is 8.78 Å². The van der Waals surface area contributed by atoms with E-state index in [0.29, 0.717) is 18.9 Å². The van der Waals surface area contributed by atoms with Gasteiger partial charge in [-0.3, -0.25) is 9.69 Å². The summed E-state index contributed by atoms with van der Waals surface area (Å²) in [5, 5.41) is 8.95. The summed E-state index contributed by atoms with van der Waals surface area (Å²) in [6.07, 6.45) is 2.68. The molecule has 1 fully saturated rings. The number of benzene rings is 1. The molecule has 20 heavy (non-hydrogen) atoms. The molecule has 1 N–H and O–H groups in total. The number of carbonyl (C=O) groups is 1. The van der Waals surface area contributed by atoms with Crippen molar-refractivity contribution in [1.82, 2.24) is 4.90 Å². The van der Waals surface area contributed by atoms with Crippen molar-refractivity contribution >= 4 is 5.78 Å². The third-order valence-corrected chi connectivity index (χ3v) is 3.75. The molecule has 1 aromatic carbocycles. The largest absolute Gasteiger partial charge is 0.396 e. The SMILES string of the molecule is O=C(CN1CCCC(CCO)C1)c1c(F)cccc1F. The van der Waals surface area contributed by atoms with Crippen LogP contribution in [0.4, 0.5) is 8.78 Å². The van der Waals surface area contributed by atoms with E-state index in [9.17, 15) is 13.6 Å². The van der Waals surface area contributed by atoms with E-state index < -0.39 is 23.0 Å². The summed E-state index contributed by atoms with van der Waals surface area (Å²) in [4.78, 5) is 14.0. The summed E-state index contributed by atoms with van der Waals surface area (Å²) in [5.41, 5.74) is -0.447. The average molecular weight is 283 g/mol. The monoisotopic (exact) mass is 283 g/mol. The van der Waals surface area contributed by atoms with Gasteiger partial charge in [0.05, 0.1) is 12.1 Å². The van der Waals surface area contributed by atoms with E-state index in [2.05, 4.69) is 0 Å². The lowest BCUT2D eigenvalue weighted by atomic mass is 9.95. The van der Waals surface area contributed by atoms with Gasteiger partial charge in [-0.2, -0.15) is 0 Å². The maximum Gasteiger partial charge on any atom is 0.182 e. The van der Waals surface area contributed by atoms with E-state index in [1.54, 1.807) is 0 Å². The number of piperidine rings is 1. The smallest absolute Gasteiger partial charge is 0.182 e. The summed E-state index contributed by atoms with van der Waals surface area (Å²) in [6.45, 7) is 1.61. The van der Waals surface area contributed by atoms with Crippen LogP contribution in [0.15, 0.2) is 18.2 Å². The van der Waals surface area contributed by atoms with Crippen LogP contribution in [0.25, 0.3) is 0 Å². The molecule has 2 rings (SSSR count). The van der Waals surface area contributed by atoms with Gasteiger partial charge in [0.25, 0.3) is 0 Å². The molecule has 0 bridgehead atoms. The highest BCUT2D eigenvalue weighted by Crippen LogP contribution is 2.20. The Kier molecular flexibility index (Phi) is 5.20. The first-order chi connectivity index (χ1) is 9.61. The van der Waals surface area contributed by atoms with Crippen molar-refractivity contribution in [3.63, 3.8) is 0 Å². The van der Waals surface area contributed by atoms with Crippen LogP contribution in [0.1, 0.15) is 29.6 Å². The highest BCUT2D eigenvalue weighted by Gasteiger charge is 2.24. The topological polar surface area (TPSA) is 40.5 Å². The third kappa shape index (κ3) is 3.61. The van der Waals surface area contributed by atoms with Crippen LogP contribution in [-0.4, -0.2) is 42.0 Å². The minimum atomic E-state index is -0.807. The molecule has 0 aromatic heterocycles. The summed E-state index contributed by atoms with van der Waals surface area (Å²) in [5.74, 6) is -1.78. The van der Waals surface area contributed by atoms with E-state index in [4.69, 9.17) is 5.11 Å². The van der Waals surface area contributed by atoms with Gasteiger partial charge in [0.15, 0.2) is 5.78 Å². The lowest BCUT2D eigenvalue weighted by Crippen LogP contribution is -2.39. The number of hydrogen-bond donors (Lipinski definition) is 1. The van der Waals surface area contributed by atoms with E-state index in [1.165, 1.54) is 6.07 Å². The summed E-state index contributed by atoms with van der Waals surface area (Å²) in [7, 11) is 0. The Bertz CT molecular complexity index is 457. The number of likely N-dealkylation sites (tertiary alicyclic amines) is 1. The Balaban J connectivity index is 2.01. The van der Waals surface area contributed by atoms with Gasteiger partial charge in [-0.05, 0) is 43.9 Å². The predicted molar refractivity (Wildman–Crippen MR) is 71.6 cm³/mol. The number of hydrogen-bond acceptors (Lipinski definition) is 3. The first-order valence-corrected chi connectivity index (χ1v) is 6.92. The van der Waals surface area contributed by atoms with E-state index in [-0.39, 0.29) is 13.2 Å². The maximum absolute atomic E-state index is 13.5. The summed E-state index contributed by atoms with van der Waals surface area (Å²) >= 11 is 0. The molecule has 110 valence electrons. The Hall–Kier alpha value is -1.33. The van der Waals surface area contributed by atoms with Crippen LogP contribution in [0, 0.1) is 17.6 Å². The van der Waals surface area contributed by atoms with Gasteiger partial charge < -0.3 is 5.11 Å². The number of carbonyl (C=O) groups excluding carboxylic acids is 1. The van der Waals surface area contributed by atoms with Crippen molar-refractivity contribution in [3.05, 3.63) is 35.4 Å². The molecule has 0 amide bonds. The second-order valence-corrected chi connectivity index (χ2v) is 5.28. The second kappa shape index (κ2) is 6.90. The normalized spacial score (nSPS) is 20.1. The Morgan fingerprint density at radius 1 is 1.35 bits per heavy atom. The molecule has 1 aliphatic heterocycles.